The van der Waals surface area contributed by atoms with Gasteiger partial charge in [-0.3, -0.25) is 4.98 Å². The van der Waals surface area contributed by atoms with Crippen LogP contribution in [0, 0.1) is 12.3 Å². The number of aryl methyl sites for hydroxylation is 1. The lowest BCUT2D eigenvalue weighted by Gasteiger charge is -2.26. The van der Waals surface area contributed by atoms with E-state index >= 15 is 0 Å². The van der Waals surface area contributed by atoms with Gasteiger partial charge in [-0.15, -0.1) is 0 Å². The molecule has 5 aromatic rings. The second-order valence-corrected chi connectivity index (χ2v) is 13.6. The molecule has 0 saturated carbocycles. The van der Waals surface area contributed by atoms with E-state index in [1.54, 1.807) is 26.8 Å². The molecule has 0 N–H and O–H groups in total. The third kappa shape index (κ3) is 5.50. The first kappa shape index (κ1) is 21.4. The number of benzene rings is 2. The van der Waals surface area contributed by atoms with Crippen LogP contribution in [0.4, 0.5) is 0 Å². The molecule has 3 aromatic heterocycles. The summed E-state index contributed by atoms with van der Waals surface area (Å²) in [5.74, 6) is 0. The Balaban J connectivity index is 1.70. The summed E-state index contributed by atoms with van der Waals surface area (Å²) >= 11 is 0. The quantitative estimate of drug-likeness (QED) is 0.236. The van der Waals surface area contributed by atoms with Gasteiger partial charge in [0.15, 0.2) is 0 Å². The second kappa shape index (κ2) is 9.33. The summed E-state index contributed by atoms with van der Waals surface area (Å²) < 4.78 is 48.5. The van der Waals surface area contributed by atoms with Crippen LogP contribution in [0.3, 0.4) is 0 Å². The SMILES string of the molecule is [2H]C([2H])([2H])c1cnc(-c2cccc3c2oc2nc(-c4cc(C(C)(C)C)cc(C(C)(C)C)c4)ccc23)cc1C([2H])([2H])C(C)(C)C. The molecule has 5 rings (SSSR count). The minimum Gasteiger partial charge on any atom is -0.437 e. The summed E-state index contributed by atoms with van der Waals surface area (Å²) in [4.78, 5) is 9.49. The molecular weight excluding hydrogens is 476 g/mol. The predicted molar refractivity (Wildman–Crippen MR) is 165 cm³/mol. The van der Waals surface area contributed by atoms with Crippen molar-refractivity contribution in [1.82, 2.24) is 9.97 Å². The monoisotopic (exact) mass is 523 g/mol. The first-order chi connectivity index (χ1) is 20.1. The van der Waals surface area contributed by atoms with Crippen LogP contribution in [-0.4, -0.2) is 9.97 Å². The molecule has 0 bridgehead atoms. The molecule has 0 atom stereocenters. The number of pyridine rings is 2. The van der Waals surface area contributed by atoms with Crippen LogP contribution in [0.5, 0.6) is 0 Å². The van der Waals surface area contributed by atoms with Gasteiger partial charge in [-0.25, -0.2) is 4.98 Å². The fraction of sp³-hybridized carbons (Fsp3) is 0.389. The van der Waals surface area contributed by atoms with Crippen LogP contribution in [-0.2, 0) is 17.2 Å². The van der Waals surface area contributed by atoms with E-state index in [9.17, 15) is 0 Å². The van der Waals surface area contributed by atoms with Crippen molar-refractivity contribution < 1.29 is 11.3 Å². The van der Waals surface area contributed by atoms with E-state index in [0.29, 0.717) is 22.6 Å². The zero-order chi connectivity index (χ0) is 32.6. The van der Waals surface area contributed by atoms with Gasteiger partial charge >= 0.3 is 0 Å². The van der Waals surface area contributed by atoms with Crippen molar-refractivity contribution in [2.75, 3.05) is 0 Å². The molecule has 0 radical (unpaired) electrons. The zero-order valence-electron chi connectivity index (χ0n) is 29.6. The van der Waals surface area contributed by atoms with Crippen molar-refractivity contribution in [2.24, 2.45) is 5.41 Å². The summed E-state index contributed by atoms with van der Waals surface area (Å²) in [7, 11) is 0. The van der Waals surface area contributed by atoms with Crippen molar-refractivity contribution in [2.45, 2.75) is 86.4 Å². The van der Waals surface area contributed by atoms with Crippen LogP contribution in [0.15, 0.2) is 65.2 Å². The summed E-state index contributed by atoms with van der Waals surface area (Å²) in [6.45, 7) is 16.1. The highest BCUT2D eigenvalue weighted by atomic mass is 16.3. The molecule has 39 heavy (non-hydrogen) atoms. The van der Waals surface area contributed by atoms with Gasteiger partial charge in [0.1, 0.15) is 5.58 Å². The number of fused-ring (bicyclic) bond motifs is 3. The van der Waals surface area contributed by atoms with Gasteiger partial charge < -0.3 is 4.42 Å². The van der Waals surface area contributed by atoms with Crippen LogP contribution in [0.2, 0.25) is 0 Å². The highest BCUT2D eigenvalue weighted by molar-refractivity contribution is 6.08. The predicted octanol–water partition coefficient (Wildman–Crippen LogP) is 10.2. The van der Waals surface area contributed by atoms with Crippen molar-refractivity contribution in [3.05, 3.63) is 83.0 Å². The Morgan fingerprint density at radius 2 is 1.49 bits per heavy atom. The van der Waals surface area contributed by atoms with Crippen molar-refractivity contribution in [3.8, 4) is 22.5 Å². The van der Waals surface area contributed by atoms with Gasteiger partial charge in [0, 0.05) is 34.9 Å². The Kier molecular flexibility index (Phi) is 5.11. The summed E-state index contributed by atoms with van der Waals surface area (Å²) in [5.41, 5.74) is 5.59. The zero-order valence-corrected chi connectivity index (χ0v) is 24.6. The minimum atomic E-state index is -2.51. The molecule has 0 aliphatic carbocycles. The molecule has 0 aliphatic rings. The molecule has 0 fully saturated rings. The molecule has 3 nitrogen and oxygen atoms in total. The standard InChI is InChI=1S/C36H42N2O/c1-22-21-37-31(18-24(22)20-34(2,3)4)29-13-11-12-27-28-14-15-30(38-33(28)39-32(27)29)23-16-25(35(5,6)7)19-26(17-23)36(8,9)10/h11-19,21H,20H2,1-10H3/i1D3,20D2. The number of para-hydroxylation sites is 1. The number of aromatic nitrogens is 2. The lowest BCUT2D eigenvalue weighted by atomic mass is 9.79. The Hall–Kier alpha value is -3.46. The smallest absolute Gasteiger partial charge is 0.227 e. The number of nitrogens with zero attached hydrogens (tertiary/aromatic N) is 2. The van der Waals surface area contributed by atoms with Crippen LogP contribution in [0.25, 0.3) is 44.6 Å². The Morgan fingerprint density at radius 3 is 2.10 bits per heavy atom. The van der Waals surface area contributed by atoms with Crippen LogP contribution < -0.4 is 0 Å². The first-order valence-electron chi connectivity index (χ1n) is 16.1. The maximum absolute atomic E-state index is 8.92. The first-order valence-corrected chi connectivity index (χ1v) is 13.6. The van der Waals surface area contributed by atoms with Gasteiger partial charge in [-0.05, 0) is 88.1 Å². The maximum atomic E-state index is 8.92. The van der Waals surface area contributed by atoms with Gasteiger partial charge in [-0.2, -0.15) is 0 Å². The molecule has 2 aromatic carbocycles. The Labute approximate surface area is 240 Å². The normalized spacial score (nSPS) is 15.6. The van der Waals surface area contributed by atoms with E-state index in [4.69, 9.17) is 16.3 Å². The highest BCUT2D eigenvalue weighted by Crippen LogP contribution is 2.38. The number of hydrogen-bond donors (Lipinski definition) is 0. The topological polar surface area (TPSA) is 38.9 Å². The molecule has 0 amide bonds. The third-order valence-electron chi connectivity index (χ3n) is 7.01. The molecule has 0 saturated heterocycles. The van der Waals surface area contributed by atoms with Crippen LogP contribution in [0.1, 0.15) is 91.4 Å². The van der Waals surface area contributed by atoms with E-state index in [2.05, 4.69) is 64.7 Å². The van der Waals surface area contributed by atoms with E-state index in [1.165, 1.54) is 17.3 Å². The average molecular weight is 524 g/mol. The largest absolute Gasteiger partial charge is 0.437 e. The summed E-state index contributed by atoms with van der Waals surface area (Å²) in [6, 6.07) is 18.1. The fourth-order valence-corrected chi connectivity index (χ4v) is 4.79. The maximum Gasteiger partial charge on any atom is 0.227 e. The molecule has 0 aliphatic heterocycles. The highest BCUT2D eigenvalue weighted by Gasteiger charge is 2.22. The fourth-order valence-electron chi connectivity index (χ4n) is 4.79. The summed E-state index contributed by atoms with van der Waals surface area (Å²) in [6.07, 6.45) is -0.645. The van der Waals surface area contributed by atoms with E-state index < -0.39 is 18.6 Å². The third-order valence-corrected chi connectivity index (χ3v) is 7.01. The van der Waals surface area contributed by atoms with Crippen molar-refractivity contribution in [3.63, 3.8) is 0 Å². The van der Waals surface area contributed by atoms with E-state index in [-0.39, 0.29) is 22.0 Å². The van der Waals surface area contributed by atoms with Gasteiger partial charge in [0.25, 0.3) is 0 Å². The minimum absolute atomic E-state index is 0.0298. The summed E-state index contributed by atoms with van der Waals surface area (Å²) in [5, 5.41) is 1.72. The molecule has 202 valence electrons. The average Bonchev–Trinajstić information content (AvgIpc) is 3.28. The molecule has 0 unspecified atom stereocenters. The van der Waals surface area contributed by atoms with E-state index in [1.807, 2.05) is 30.3 Å². The number of hydrogen-bond acceptors (Lipinski definition) is 3. The molecular formula is C36H42N2O. The molecule has 3 heterocycles. The van der Waals surface area contributed by atoms with Gasteiger partial charge in [0.2, 0.25) is 5.71 Å². The number of rotatable bonds is 3. The van der Waals surface area contributed by atoms with Crippen LogP contribution >= 0.6 is 0 Å². The molecule has 0 spiro atoms. The lowest BCUT2D eigenvalue weighted by Crippen LogP contribution is -2.16. The van der Waals surface area contributed by atoms with Crippen molar-refractivity contribution in [1.29, 1.82) is 0 Å². The Morgan fingerprint density at radius 1 is 0.795 bits per heavy atom. The Bertz CT molecular complexity index is 1850. The van der Waals surface area contributed by atoms with Gasteiger partial charge in [0.05, 0.1) is 11.4 Å². The van der Waals surface area contributed by atoms with E-state index in [0.717, 1.165) is 22.0 Å². The molecule has 3 heteroatoms. The lowest BCUT2D eigenvalue weighted by molar-refractivity contribution is 0.410. The number of furan rings is 1. The van der Waals surface area contributed by atoms with Crippen molar-refractivity contribution >= 4 is 22.1 Å². The second-order valence-electron chi connectivity index (χ2n) is 13.6. The van der Waals surface area contributed by atoms with Gasteiger partial charge in [-0.1, -0.05) is 80.5 Å².